The van der Waals surface area contributed by atoms with E-state index in [4.69, 9.17) is 5.11 Å². The lowest BCUT2D eigenvalue weighted by Crippen LogP contribution is -2.33. The molecule has 1 aromatic rings. The van der Waals surface area contributed by atoms with Gasteiger partial charge in [0.05, 0.1) is 18.7 Å². The molecule has 0 fully saturated rings. The second kappa shape index (κ2) is 5.56. The maximum Gasteiger partial charge on any atom is 0.411 e. The average Bonchev–Trinajstić information content (AvgIpc) is 2.46. The van der Waals surface area contributed by atoms with Gasteiger partial charge in [-0.25, -0.2) is 9.59 Å². The van der Waals surface area contributed by atoms with Crippen molar-refractivity contribution in [2.24, 2.45) is 0 Å². The summed E-state index contributed by atoms with van der Waals surface area (Å²) in [6, 6.07) is 5.77. The molecule has 6 heteroatoms. The van der Waals surface area contributed by atoms with E-state index in [0.717, 1.165) is 4.90 Å². The van der Waals surface area contributed by atoms with Crippen molar-refractivity contribution < 1.29 is 24.2 Å². The molecule has 1 amide bonds. The Morgan fingerprint density at radius 2 is 1.95 bits per heavy atom. The van der Waals surface area contributed by atoms with Gasteiger partial charge in [0.2, 0.25) is 0 Å². The molecule has 0 spiro atoms. The van der Waals surface area contributed by atoms with Crippen LogP contribution in [-0.2, 0) is 9.53 Å². The summed E-state index contributed by atoms with van der Waals surface area (Å²) >= 11 is 0. The van der Waals surface area contributed by atoms with Gasteiger partial charge < -0.3 is 9.84 Å². The van der Waals surface area contributed by atoms with Gasteiger partial charge in [-0.05, 0) is 23.8 Å². The Morgan fingerprint density at radius 1 is 1.30 bits per heavy atom. The van der Waals surface area contributed by atoms with Crippen LogP contribution in [-0.4, -0.2) is 35.0 Å². The average molecular weight is 275 g/mol. The number of carbonyl (C=O) groups is 3. The van der Waals surface area contributed by atoms with Crippen molar-refractivity contribution in [3.63, 3.8) is 0 Å². The molecule has 0 radical (unpaired) electrons. The van der Waals surface area contributed by atoms with Gasteiger partial charge in [0.1, 0.15) is 0 Å². The largest absolute Gasteiger partial charge is 0.465 e. The molecule has 1 aliphatic heterocycles. The standard InChI is InChI=1S/C14H13NO5/c1-20-13(17)10-4-2-9(3-5-10)12-8-11(16)6-7-15(12)14(18)19/h2-7,12H,8H2,1H3,(H,18,19). The number of methoxy groups -OCH3 is 1. The highest BCUT2D eigenvalue weighted by Crippen LogP contribution is 2.28. The van der Waals surface area contributed by atoms with Crippen LogP contribution in [0.1, 0.15) is 28.4 Å². The van der Waals surface area contributed by atoms with Crippen molar-refractivity contribution in [3.8, 4) is 0 Å². The molecule has 0 aromatic heterocycles. The van der Waals surface area contributed by atoms with Gasteiger partial charge in [-0.2, -0.15) is 0 Å². The molecule has 0 saturated carbocycles. The lowest BCUT2D eigenvalue weighted by Gasteiger charge is -2.28. The first-order chi connectivity index (χ1) is 9.52. The van der Waals surface area contributed by atoms with Crippen LogP contribution in [0.5, 0.6) is 0 Å². The van der Waals surface area contributed by atoms with E-state index in [2.05, 4.69) is 4.74 Å². The molecule has 6 nitrogen and oxygen atoms in total. The number of ketones is 1. The van der Waals surface area contributed by atoms with Gasteiger partial charge in [-0.1, -0.05) is 12.1 Å². The molecule has 1 atom stereocenters. The van der Waals surface area contributed by atoms with E-state index in [-0.39, 0.29) is 12.2 Å². The lowest BCUT2D eigenvalue weighted by molar-refractivity contribution is -0.116. The van der Waals surface area contributed by atoms with Crippen LogP contribution >= 0.6 is 0 Å². The van der Waals surface area contributed by atoms with Crippen molar-refractivity contribution in [2.45, 2.75) is 12.5 Å². The Kier molecular flexibility index (Phi) is 3.84. The maximum atomic E-state index is 11.5. The van der Waals surface area contributed by atoms with E-state index in [9.17, 15) is 14.4 Å². The first-order valence-electron chi connectivity index (χ1n) is 5.93. The Bertz CT molecular complexity index is 576. The summed E-state index contributed by atoms with van der Waals surface area (Å²) in [6.45, 7) is 0. The number of hydrogen-bond donors (Lipinski definition) is 1. The number of amides is 1. The quantitative estimate of drug-likeness (QED) is 0.834. The van der Waals surface area contributed by atoms with Gasteiger partial charge in [0, 0.05) is 12.6 Å². The van der Waals surface area contributed by atoms with Crippen LogP contribution in [0.25, 0.3) is 0 Å². The molecule has 1 unspecified atom stereocenters. The SMILES string of the molecule is COC(=O)c1ccc(C2CC(=O)C=CN2C(=O)O)cc1. The molecule has 20 heavy (non-hydrogen) atoms. The molecule has 2 rings (SSSR count). The Hall–Kier alpha value is -2.63. The fourth-order valence-electron chi connectivity index (χ4n) is 2.06. The topological polar surface area (TPSA) is 83.9 Å². The van der Waals surface area contributed by atoms with Gasteiger partial charge in [0.25, 0.3) is 0 Å². The number of esters is 1. The summed E-state index contributed by atoms with van der Waals surface area (Å²) < 4.78 is 4.59. The molecule has 1 N–H and O–H groups in total. The van der Waals surface area contributed by atoms with Crippen LogP contribution in [0, 0.1) is 0 Å². The summed E-state index contributed by atoms with van der Waals surface area (Å²) in [5.74, 6) is -0.601. The molecule has 0 aliphatic carbocycles. The van der Waals surface area contributed by atoms with E-state index in [1.165, 1.54) is 19.4 Å². The number of nitrogens with zero attached hydrogens (tertiary/aromatic N) is 1. The molecule has 1 heterocycles. The van der Waals surface area contributed by atoms with Crippen LogP contribution in [0.3, 0.4) is 0 Å². The Labute approximate surface area is 115 Å². The fraction of sp³-hybridized carbons (Fsp3) is 0.214. The van der Waals surface area contributed by atoms with Crippen LogP contribution in [0.2, 0.25) is 0 Å². The monoisotopic (exact) mass is 275 g/mol. The summed E-state index contributed by atoms with van der Waals surface area (Å²) in [5, 5.41) is 9.13. The normalized spacial score (nSPS) is 17.9. The van der Waals surface area contributed by atoms with Gasteiger partial charge in [0.15, 0.2) is 5.78 Å². The first-order valence-corrected chi connectivity index (χ1v) is 5.93. The van der Waals surface area contributed by atoms with E-state index in [1.54, 1.807) is 24.3 Å². The van der Waals surface area contributed by atoms with E-state index < -0.39 is 18.1 Å². The molecule has 0 saturated heterocycles. The van der Waals surface area contributed by atoms with Gasteiger partial charge in [-0.15, -0.1) is 0 Å². The highest BCUT2D eigenvalue weighted by atomic mass is 16.5. The van der Waals surface area contributed by atoms with Crippen molar-refractivity contribution in [3.05, 3.63) is 47.7 Å². The second-order valence-electron chi connectivity index (χ2n) is 4.31. The molecule has 1 aliphatic rings. The van der Waals surface area contributed by atoms with E-state index in [0.29, 0.717) is 11.1 Å². The number of ether oxygens (including phenoxy) is 1. The first kappa shape index (κ1) is 13.8. The van der Waals surface area contributed by atoms with Crippen LogP contribution < -0.4 is 0 Å². The molecular weight excluding hydrogens is 262 g/mol. The second-order valence-corrected chi connectivity index (χ2v) is 4.31. The number of hydrogen-bond acceptors (Lipinski definition) is 4. The van der Waals surface area contributed by atoms with Gasteiger partial charge in [-0.3, -0.25) is 9.69 Å². The zero-order chi connectivity index (χ0) is 14.7. The zero-order valence-corrected chi connectivity index (χ0v) is 10.8. The van der Waals surface area contributed by atoms with Crippen molar-refractivity contribution >= 4 is 17.8 Å². The number of benzene rings is 1. The third-order valence-corrected chi connectivity index (χ3v) is 3.09. The smallest absolute Gasteiger partial charge is 0.411 e. The zero-order valence-electron chi connectivity index (χ0n) is 10.8. The predicted molar refractivity (Wildman–Crippen MR) is 69.2 cm³/mol. The fourth-order valence-corrected chi connectivity index (χ4v) is 2.06. The Morgan fingerprint density at radius 3 is 2.50 bits per heavy atom. The van der Waals surface area contributed by atoms with Crippen molar-refractivity contribution in [1.82, 2.24) is 4.90 Å². The predicted octanol–water partition coefficient (Wildman–Crippen LogP) is 1.98. The summed E-state index contributed by atoms with van der Waals surface area (Å²) in [7, 11) is 1.28. The minimum atomic E-state index is -1.13. The highest BCUT2D eigenvalue weighted by molar-refractivity contribution is 5.92. The Balaban J connectivity index is 2.29. The van der Waals surface area contributed by atoms with E-state index >= 15 is 0 Å². The third kappa shape index (κ3) is 2.69. The van der Waals surface area contributed by atoms with E-state index in [1.807, 2.05) is 0 Å². The van der Waals surface area contributed by atoms with Crippen LogP contribution in [0.15, 0.2) is 36.5 Å². The molecule has 104 valence electrons. The molecule has 0 bridgehead atoms. The highest BCUT2D eigenvalue weighted by Gasteiger charge is 2.28. The molecular formula is C14H13NO5. The summed E-state index contributed by atoms with van der Waals surface area (Å²) in [4.78, 5) is 35.0. The van der Waals surface area contributed by atoms with Crippen molar-refractivity contribution in [1.29, 1.82) is 0 Å². The summed E-state index contributed by atoms with van der Waals surface area (Å²) in [6.07, 6.45) is 1.46. The summed E-state index contributed by atoms with van der Waals surface area (Å²) in [5.41, 5.74) is 1.02. The number of carboxylic acid groups (broad SMARTS) is 1. The number of rotatable bonds is 2. The third-order valence-electron chi connectivity index (χ3n) is 3.09. The lowest BCUT2D eigenvalue weighted by atomic mass is 9.97. The minimum Gasteiger partial charge on any atom is -0.465 e. The minimum absolute atomic E-state index is 0.0837. The maximum absolute atomic E-state index is 11.5. The van der Waals surface area contributed by atoms with Crippen LogP contribution in [0.4, 0.5) is 4.79 Å². The van der Waals surface area contributed by atoms with Crippen molar-refractivity contribution in [2.75, 3.05) is 7.11 Å². The number of carbonyl (C=O) groups excluding carboxylic acids is 2. The number of allylic oxidation sites excluding steroid dienone is 1. The molecule has 1 aromatic carbocycles. The van der Waals surface area contributed by atoms with Gasteiger partial charge >= 0.3 is 12.1 Å².